The van der Waals surface area contributed by atoms with Gasteiger partial charge in [0.1, 0.15) is 0 Å². The van der Waals surface area contributed by atoms with Gasteiger partial charge in [-0.05, 0) is 0 Å². The van der Waals surface area contributed by atoms with Crippen molar-refractivity contribution in [2.24, 2.45) is 0 Å². The molecule has 0 aliphatic carbocycles. The second kappa shape index (κ2) is 31.7. The van der Waals surface area contributed by atoms with Crippen LogP contribution in [0.1, 0.15) is 0 Å². The van der Waals surface area contributed by atoms with E-state index in [1.54, 1.807) is 0 Å². The quantitative estimate of drug-likeness (QED) is 0.186. The van der Waals surface area contributed by atoms with Gasteiger partial charge in [-0.25, -0.2) is 0 Å². The molecular weight excluding hydrogens is 297 g/mol. The minimum absolute atomic E-state index is 0. The van der Waals surface area contributed by atoms with Gasteiger partial charge in [0.05, 0.1) is 0 Å². The Morgan fingerprint density at radius 1 is 0.333 bits per heavy atom. The average Bonchev–Trinajstić information content (AvgIpc) is 1.76. The fourth-order valence-electron chi connectivity index (χ4n) is 0. The second-order valence-corrected chi connectivity index (χ2v) is 1.39. The molecule has 0 aromatic heterocycles. The summed E-state index contributed by atoms with van der Waals surface area (Å²) in [5.41, 5.74) is 0. The van der Waals surface area contributed by atoms with Gasteiger partial charge in [0, 0.05) is 0 Å². The van der Waals surface area contributed by atoms with Crippen molar-refractivity contribution in [2.45, 2.75) is 0 Å². The van der Waals surface area contributed by atoms with Crippen LogP contribution < -0.4 is 0 Å². The topological polar surface area (TPSA) is 243 Å². The Morgan fingerprint density at radius 3 is 0.333 bits per heavy atom. The van der Waals surface area contributed by atoms with Crippen LogP contribution in [0.25, 0.3) is 0 Å². The van der Waals surface area contributed by atoms with E-state index < -0.39 is 29.3 Å². The molecule has 0 saturated carbocycles. The van der Waals surface area contributed by atoms with Crippen LogP contribution in [-0.4, -0.2) is 171 Å². The molecule has 12 N–H and O–H groups in total. The standard InChI is InChI=1S/4BH3O3.K.Na.2H/c4*2-1(3)4;;;;/h4*2-4H;;;;. The molecule has 0 heterocycles. The molecule has 0 aromatic carbocycles. The van der Waals surface area contributed by atoms with E-state index in [0.29, 0.717) is 0 Å². The number of rotatable bonds is 0. The molecule has 0 atom stereocenters. The van der Waals surface area contributed by atoms with Gasteiger partial charge < -0.3 is 60.3 Å². The first kappa shape index (κ1) is 37.0. The van der Waals surface area contributed by atoms with Crippen molar-refractivity contribution in [1.29, 1.82) is 0 Å². The molecular formula is H14B4KNaO12. The molecule has 0 bridgehead atoms. The zero-order chi connectivity index (χ0) is 14.3. The Kier molecular flexibility index (Phi) is 65.2. The molecule has 100 valence electrons. The molecule has 0 aliphatic heterocycles. The SMILES string of the molecule is OB(O)O.OB(O)O.OB(O)O.OB(O)O.[KH].[NaH]. The summed E-state index contributed by atoms with van der Waals surface area (Å²) in [6.45, 7) is 0. The van der Waals surface area contributed by atoms with Gasteiger partial charge in [-0.1, -0.05) is 0 Å². The number of hydrogen-bond acceptors (Lipinski definition) is 12. The van der Waals surface area contributed by atoms with Crippen LogP contribution in [0.15, 0.2) is 0 Å². The summed E-state index contributed by atoms with van der Waals surface area (Å²) in [6.07, 6.45) is 0. The molecule has 0 aromatic rings. The van der Waals surface area contributed by atoms with Gasteiger partial charge in [0.2, 0.25) is 0 Å². The van der Waals surface area contributed by atoms with E-state index in [4.69, 9.17) is 60.3 Å². The predicted octanol–water partition coefficient (Wildman–Crippen LogP) is -9.50. The van der Waals surface area contributed by atoms with Crippen molar-refractivity contribution in [3.8, 4) is 0 Å². The van der Waals surface area contributed by atoms with E-state index >= 15 is 0 Å². The van der Waals surface area contributed by atoms with Crippen molar-refractivity contribution in [3.05, 3.63) is 0 Å². The van der Waals surface area contributed by atoms with Crippen LogP contribution in [0.5, 0.6) is 0 Å². The van der Waals surface area contributed by atoms with Crippen LogP contribution in [0.4, 0.5) is 0 Å². The fraction of sp³-hybridized carbons (Fsp3) is 0. The third-order valence-electron chi connectivity index (χ3n) is 0. The van der Waals surface area contributed by atoms with Gasteiger partial charge in [-0.15, -0.1) is 0 Å². The van der Waals surface area contributed by atoms with Gasteiger partial charge in [-0.3, -0.25) is 0 Å². The third-order valence-corrected chi connectivity index (χ3v) is 0. The van der Waals surface area contributed by atoms with Crippen molar-refractivity contribution < 1.29 is 60.3 Å². The second-order valence-electron chi connectivity index (χ2n) is 1.39. The molecule has 0 radical (unpaired) electrons. The summed E-state index contributed by atoms with van der Waals surface area (Å²) in [6, 6.07) is 0. The van der Waals surface area contributed by atoms with E-state index in [2.05, 4.69) is 0 Å². The monoisotopic (exact) mass is 312 g/mol. The molecule has 18 heteroatoms. The summed E-state index contributed by atoms with van der Waals surface area (Å²) >= 11 is 0. The van der Waals surface area contributed by atoms with Crippen LogP contribution >= 0.6 is 0 Å². The van der Waals surface area contributed by atoms with Crippen molar-refractivity contribution in [2.75, 3.05) is 0 Å². The first-order valence-electron chi connectivity index (χ1n) is 3.10. The van der Waals surface area contributed by atoms with E-state index in [0.717, 1.165) is 0 Å². The summed E-state index contributed by atoms with van der Waals surface area (Å²) in [7, 11) is -8.67. The van der Waals surface area contributed by atoms with E-state index in [1.807, 2.05) is 0 Å². The van der Waals surface area contributed by atoms with Crippen LogP contribution in [-0.2, 0) is 0 Å². The zero-order valence-electron chi connectivity index (χ0n) is 7.68. The Labute approximate surface area is 168 Å². The van der Waals surface area contributed by atoms with Gasteiger partial charge in [-0.2, -0.15) is 0 Å². The molecule has 12 nitrogen and oxygen atoms in total. The molecule has 0 fully saturated rings. The Bertz CT molecular complexity index is 67.1. The summed E-state index contributed by atoms with van der Waals surface area (Å²) in [5.74, 6) is 0. The maximum atomic E-state index is 7.17. The Balaban J connectivity index is -0.0000000257. The first-order valence-corrected chi connectivity index (χ1v) is 3.10. The van der Waals surface area contributed by atoms with Crippen molar-refractivity contribution in [1.82, 2.24) is 0 Å². The Hall–Kier alpha value is 2.42. The summed E-state index contributed by atoms with van der Waals surface area (Å²) in [4.78, 5) is 0. The van der Waals surface area contributed by atoms with Gasteiger partial charge in [0.25, 0.3) is 0 Å². The van der Waals surface area contributed by atoms with E-state index in [1.165, 1.54) is 0 Å². The predicted molar refractivity (Wildman–Crippen MR) is 63.9 cm³/mol. The molecule has 18 heavy (non-hydrogen) atoms. The number of hydrogen-bond donors (Lipinski definition) is 12. The molecule has 0 amide bonds. The third kappa shape index (κ3) is 957. The molecule has 0 saturated heterocycles. The van der Waals surface area contributed by atoms with Crippen LogP contribution in [0.2, 0.25) is 0 Å². The summed E-state index contributed by atoms with van der Waals surface area (Å²) < 4.78 is 0. The van der Waals surface area contributed by atoms with Gasteiger partial charge >= 0.3 is 110 Å². The molecule has 0 unspecified atom stereocenters. The molecule has 0 rings (SSSR count). The van der Waals surface area contributed by atoms with Gasteiger partial charge in [0.15, 0.2) is 0 Å². The average molecular weight is 311 g/mol. The summed E-state index contributed by atoms with van der Waals surface area (Å²) in [5, 5.41) is 86.0. The van der Waals surface area contributed by atoms with Crippen LogP contribution in [0.3, 0.4) is 0 Å². The van der Waals surface area contributed by atoms with E-state index in [9.17, 15) is 0 Å². The fourth-order valence-corrected chi connectivity index (χ4v) is 0. The normalized spacial score (nSPS) is 6.00. The van der Waals surface area contributed by atoms with Crippen molar-refractivity contribution >= 4 is 110 Å². The Morgan fingerprint density at radius 2 is 0.333 bits per heavy atom. The first-order chi connectivity index (χ1) is 6.93. The van der Waals surface area contributed by atoms with Crippen molar-refractivity contribution in [3.63, 3.8) is 0 Å². The van der Waals surface area contributed by atoms with Crippen LogP contribution in [0, 0.1) is 0 Å². The minimum atomic E-state index is -2.17. The molecule has 0 spiro atoms. The molecule has 0 aliphatic rings. The maximum absolute atomic E-state index is 7.17. The zero-order valence-corrected chi connectivity index (χ0v) is 7.68. The van der Waals surface area contributed by atoms with E-state index in [-0.39, 0.29) is 80.9 Å².